The number of piperazine rings is 1. The molecule has 3 heterocycles. The largest absolute Gasteiger partial charge is 0.368 e. The fraction of sp³-hybridized carbons (Fsp3) is 0.438. The van der Waals surface area contributed by atoms with Gasteiger partial charge in [-0.1, -0.05) is 0 Å². The number of halogens is 2. The highest BCUT2D eigenvalue weighted by molar-refractivity contribution is 5.92. The van der Waals surface area contributed by atoms with Crippen LogP contribution in [-0.2, 0) is 0 Å². The van der Waals surface area contributed by atoms with Gasteiger partial charge in [0.15, 0.2) is 0 Å². The van der Waals surface area contributed by atoms with Crippen molar-refractivity contribution >= 4 is 11.6 Å². The molecule has 0 saturated carbocycles. The third kappa shape index (κ3) is 3.22. The lowest BCUT2D eigenvalue weighted by Crippen LogP contribution is -2.49. The Balaban J connectivity index is 1.68. The Bertz CT molecular complexity index is 718. The molecule has 24 heavy (non-hydrogen) atoms. The topological polar surface area (TPSA) is 54.3 Å². The molecule has 6 nitrogen and oxygen atoms in total. The van der Waals surface area contributed by atoms with Crippen LogP contribution in [-0.4, -0.2) is 51.8 Å². The van der Waals surface area contributed by atoms with E-state index in [2.05, 4.69) is 15.0 Å². The lowest BCUT2D eigenvalue weighted by Gasteiger charge is -2.36. The third-order valence-corrected chi connectivity index (χ3v) is 4.07. The Morgan fingerprint density at radius 1 is 1.12 bits per heavy atom. The fourth-order valence-electron chi connectivity index (χ4n) is 2.96. The van der Waals surface area contributed by atoms with Crippen molar-refractivity contribution in [3.63, 3.8) is 0 Å². The molecule has 2 aromatic heterocycles. The minimum absolute atomic E-state index is 0.0750. The molecule has 0 N–H and O–H groups in total. The summed E-state index contributed by atoms with van der Waals surface area (Å²) in [5, 5.41) is 3.52. The molecular formula is C16H19F2N5O. The van der Waals surface area contributed by atoms with Crippen molar-refractivity contribution in [3.8, 4) is 0 Å². The van der Waals surface area contributed by atoms with Gasteiger partial charge in [0.1, 0.15) is 5.69 Å². The van der Waals surface area contributed by atoms with Crippen LogP contribution in [0.3, 0.4) is 0 Å². The zero-order chi connectivity index (χ0) is 17.3. The van der Waals surface area contributed by atoms with Gasteiger partial charge in [0.05, 0.1) is 0 Å². The molecule has 3 rings (SSSR count). The van der Waals surface area contributed by atoms with E-state index < -0.39 is 12.5 Å². The molecule has 0 aliphatic carbocycles. The highest BCUT2D eigenvalue weighted by atomic mass is 19.3. The van der Waals surface area contributed by atoms with Gasteiger partial charge in [-0.15, -0.1) is 0 Å². The van der Waals surface area contributed by atoms with E-state index in [-0.39, 0.29) is 5.69 Å². The number of nitrogens with zero attached hydrogens (tertiary/aromatic N) is 5. The maximum absolute atomic E-state index is 12.9. The minimum atomic E-state index is -2.82. The summed E-state index contributed by atoms with van der Waals surface area (Å²) in [6, 6.07) is 5.35. The molecule has 0 radical (unpaired) electrons. The highest BCUT2D eigenvalue weighted by Crippen LogP contribution is 2.20. The quantitative estimate of drug-likeness (QED) is 0.863. The van der Waals surface area contributed by atoms with E-state index in [0.29, 0.717) is 30.9 Å². The number of hydrogen-bond donors (Lipinski definition) is 0. The summed E-state index contributed by atoms with van der Waals surface area (Å²) in [6.45, 7) is 3.34. The molecule has 1 fully saturated rings. The van der Waals surface area contributed by atoms with Crippen molar-refractivity contribution in [2.45, 2.75) is 20.4 Å². The van der Waals surface area contributed by atoms with Crippen molar-refractivity contribution in [2.24, 2.45) is 0 Å². The first-order valence-electron chi connectivity index (χ1n) is 7.77. The second kappa shape index (κ2) is 6.54. The van der Waals surface area contributed by atoms with Crippen LogP contribution in [0.1, 0.15) is 28.4 Å². The van der Waals surface area contributed by atoms with Gasteiger partial charge < -0.3 is 9.80 Å². The van der Waals surface area contributed by atoms with Crippen LogP contribution in [0.2, 0.25) is 0 Å². The van der Waals surface area contributed by atoms with E-state index in [4.69, 9.17) is 0 Å². The van der Waals surface area contributed by atoms with Crippen molar-refractivity contribution in [1.29, 1.82) is 0 Å². The van der Waals surface area contributed by atoms with Gasteiger partial charge >= 0.3 is 6.55 Å². The van der Waals surface area contributed by atoms with Crippen molar-refractivity contribution < 1.29 is 13.6 Å². The molecule has 8 heteroatoms. The van der Waals surface area contributed by atoms with Gasteiger partial charge in [0, 0.05) is 49.5 Å². The summed E-state index contributed by atoms with van der Waals surface area (Å²) < 4.78 is 26.2. The van der Waals surface area contributed by atoms with Gasteiger partial charge in [0.2, 0.25) is 0 Å². The average Bonchev–Trinajstić information content (AvgIpc) is 3.03. The molecule has 1 amide bonds. The van der Waals surface area contributed by atoms with Crippen LogP contribution in [0.15, 0.2) is 24.4 Å². The molecule has 0 bridgehead atoms. The molecule has 2 aromatic rings. The third-order valence-electron chi connectivity index (χ3n) is 4.07. The highest BCUT2D eigenvalue weighted by Gasteiger charge is 2.26. The smallest absolute Gasteiger partial charge is 0.333 e. The van der Waals surface area contributed by atoms with E-state index in [1.54, 1.807) is 4.90 Å². The number of alkyl halides is 2. The molecular weight excluding hydrogens is 316 g/mol. The van der Waals surface area contributed by atoms with Gasteiger partial charge in [-0.3, -0.25) is 9.78 Å². The number of anilines is 1. The fourth-order valence-corrected chi connectivity index (χ4v) is 2.96. The maximum atomic E-state index is 12.9. The second-order valence-corrected chi connectivity index (χ2v) is 5.83. The zero-order valence-electron chi connectivity index (χ0n) is 13.6. The lowest BCUT2D eigenvalue weighted by molar-refractivity contribution is 0.0461. The summed E-state index contributed by atoms with van der Waals surface area (Å²) in [5.41, 5.74) is 2.90. The first-order chi connectivity index (χ1) is 11.5. The molecule has 0 aromatic carbocycles. The number of rotatable bonds is 3. The van der Waals surface area contributed by atoms with E-state index in [0.717, 1.165) is 17.1 Å². The van der Waals surface area contributed by atoms with Gasteiger partial charge in [-0.05, 0) is 32.0 Å². The Morgan fingerprint density at radius 2 is 1.75 bits per heavy atom. The van der Waals surface area contributed by atoms with Gasteiger partial charge in [0.25, 0.3) is 5.91 Å². The second-order valence-electron chi connectivity index (χ2n) is 5.83. The summed E-state index contributed by atoms with van der Waals surface area (Å²) >= 11 is 0. The van der Waals surface area contributed by atoms with Crippen LogP contribution < -0.4 is 4.90 Å². The molecule has 1 saturated heterocycles. The Labute approximate surface area is 138 Å². The number of amides is 1. The van der Waals surface area contributed by atoms with Gasteiger partial charge in [-0.2, -0.15) is 18.6 Å². The van der Waals surface area contributed by atoms with Crippen molar-refractivity contribution in [1.82, 2.24) is 19.7 Å². The molecule has 1 aliphatic heterocycles. The predicted octanol–water partition coefficient (Wildman–Crippen LogP) is 2.25. The van der Waals surface area contributed by atoms with Crippen LogP contribution in [0.4, 0.5) is 14.5 Å². The summed E-state index contributed by atoms with van der Waals surface area (Å²) in [6.07, 6.45) is 1.22. The number of carbonyl (C=O) groups is 1. The normalized spacial score (nSPS) is 15.2. The first-order valence-corrected chi connectivity index (χ1v) is 7.77. The molecule has 0 unspecified atom stereocenters. The van der Waals surface area contributed by atoms with Crippen LogP contribution in [0, 0.1) is 13.8 Å². The van der Waals surface area contributed by atoms with E-state index in [9.17, 15) is 13.6 Å². The Morgan fingerprint density at radius 3 is 2.33 bits per heavy atom. The number of pyridine rings is 1. The standard InChI is InChI=1S/C16H19F2N5O/c1-11-9-13(10-12(2)20-11)21-5-7-22(8-6-21)15(24)14-3-4-19-23(14)16(17)18/h3-4,9-10,16H,5-8H2,1-2H3. The monoisotopic (exact) mass is 335 g/mol. The van der Waals surface area contributed by atoms with Crippen LogP contribution in [0.25, 0.3) is 0 Å². The predicted molar refractivity (Wildman–Crippen MR) is 85.3 cm³/mol. The Kier molecular flexibility index (Phi) is 4.46. The number of aromatic nitrogens is 3. The number of carbonyl (C=O) groups excluding carboxylic acids is 1. The SMILES string of the molecule is Cc1cc(N2CCN(C(=O)c3ccnn3C(F)F)CC2)cc(C)n1. The number of hydrogen-bond acceptors (Lipinski definition) is 4. The van der Waals surface area contributed by atoms with E-state index in [1.165, 1.54) is 12.3 Å². The Hall–Kier alpha value is -2.51. The minimum Gasteiger partial charge on any atom is -0.368 e. The molecule has 1 aliphatic rings. The molecule has 0 atom stereocenters. The molecule has 128 valence electrons. The van der Waals surface area contributed by atoms with E-state index >= 15 is 0 Å². The van der Waals surface area contributed by atoms with Crippen LogP contribution in [0.5, 0.6) is 0 Å². The van der Waals surface area contributed by atoms with Gasteiger partial charge in [-0.25, -0.2) is 0 Å². The van der Waals surface area contributed by atoms with Crippen molar-refractivity contribution in [3.05, 3.63) is 41.5 Å². The summed E-state index contributed by atoms with van der Waals surface area (Å²) in [4.78, 5) is 20.6. The number of aryl methyl sites for hydroxylation is 2. The molecule has 0 spiro atoms. The van der Waals surface area contributed by atoms with E-state index in [1.807, 2.05) is 26.0 Å². The average molecular weight is 335 g/mol. The first kappa shape index (κ1) is 16.4. The van der Waals surface area contributed by atoms with Crippen molar-refractivity contribution in [2.75, 3.05) is 31.1 Å². The maximum Gasteiger partial charge on any atom is 0.333 e. The van der Waals surface area contributed by atoms with Crippen LogP contribution >= 0.6 is 0 Å². The zero-order valence-corrected chi connectivity index (χ0v) is 13.6. The lowest BCUT2D eigenvalue weighted by atomic mass is 10.2. The summed E-state index contributed by atoms with van der Waals surface area (Å²) in [5.74, 6) is -0.408. The summed E-state index contributed by atoms with van der Waals surface area (Å²) in [7, 11) is 0.